The SMILES string of the molecule is CC(C)NCCCCS(=O)(=O)Nc1cc(F)cc(Cl)c1. The van der Waals surface area contributed by atoms with Crippen LogP contribution >= 0.6 is 11.6 Å². The average molecular weight is 323 g/mol. The largest absolute Gasteiger partial charge is 0.315 e. The zero-order chi connectivity index (χ0) is 15.2. The van der Waals surface area contributed by atoms with Gasteiger partial charge in [0.25, 0.3) is 0 Å². The minimum atomic E-state index is -3.47. The lowest BCUT2D eigenvalue weighted by atomic mass is 10.3. The van der Waals surface area contributed by atoms with Crippen molar-refractivity contribution in [2.75, 3.05) is 17.0 Å². The summed E-state index contributed by atoms with van der Waals surface area (Å²) in [6.45, 7) is 4.84. The number of nitrogens with one attached hydrogen (secondary N) is 2. The molecule has 0 saturated heterocycles. The van der Waals surface area contributed by atoms with Crippen molar-refractivity contribution in [3.63, 3.8) is 0 Å². The zero-order valence-corrected chi connectivity index (χ0v) is 13.2. The molecule has 20 heavy (non-hydrogen) atoms. The van der Waals surface area contributed by atoms with Crippen molar-refractivity contribution in [3.8, 4) is 0 Å². The molecule has 0 fully saturated rings. The summed E-state index contributed by atoms with van der Waals surface area (Å²) in [7, 11) is -3.47. The van der Waals surface area contributed by atoms with Crippen LogP contribution in [0.1, 0.15) is 26.7 Å². The van der Waals surface area contributed by atoms with Crippen molar-refractivity contribution in [3.05, 3.63) is 29.0 Å². The van der Waals surface area contributed by atoms with E-state index >= 15 is 0 Å². The minimum absolute atomic E-state index is 0.000900. The van der Waals surface area contributed by atoms with Crippen molar-refractivity contribution in [2.24, 2.45) is 0 Å². The zero-order valence-electron chi connectivity index (χ0n) is 11.6. The Morgan fingerprint density at radius 2 is 1.95 bits per heavy atom. The lowest BCUT2D eigenvalue weighted by molar-refractivity contribution is 0.561. The number of unbranched alkanes of at least 4 members (excludes halogenated alkanes) is 1. The van der Waals surface area contributed by atoms with Gasteiger partial charge in [-0.25, -0.2) is 12.8 Å². The van der Waals surface area contributed by atoms with Crippen LogP contribution in [0.25, 0.3) is 0 Å². The quantitative estimate of drug-likeness (QED) is 0.723. The maximum atomic E-state index is 13.1. The Labute approximate surface area is 124 Å². The van der Waals surface area contributed by atoms with Gasteiger partial charge in [-0.15, -0.1) is 0 Å². The molecule has 2 N–H and O–H groups in total. The molecule has 0 aliphatic heterocycles. The van der Waals surface area contributed by atoms with Gasteiger partial charge in [0.1, 0.15) is 5.82 Å². The topological polar surface area (TPSA) is 58.2 Å². The van der Waals surface area contributed by atoms with Gasteiger partial charge in [-0.3, -0.25) is 4.72 Å². The van der Waals surface area contributed by atoms with E-state index in [1.165, 1.54) is 6.07 Å². The van der Waals surface area contributed by atoms with Gasteiger partial charge in [-0.2, -0.15) is 0 Å². The van der Waals surface area contributed by atoms with E-state index < -0.39 is 15.8 Å². The molecule has 0 atom stereocenters. The van der Waals surface area contributed by atoms with Crippen molar-refractivity contribution >= 4 is 27.3 Å². The maximum Gasteiger partial charge on any atom is 0.232 e. The van der Waals surface area contributed by atoms with Crippen LogP contribution in [0, 0.1) is 5.82 Å². The van der Waals surface area contributed by atoms with E-state index in [0.29, 0.717) is 12.5 Å². The molecule has 0 radical (unpaired) electrons. The van der Waals surface area contributed by atoms with E-state index in [9.17, 15) is 12.8 Å². The molecule has 0 saturated carbocycles. The Morgan fingerprint density at radius 3 is 2.55 bits per heavy atom. The number of sulfonamides is 1. The van der Waals surface area contributed by atoms with Crippen LogP contribution in [0.15, 0.2) is 18.2 Å². The lowest BCUT2D eigenvalue weighted by Crippen LogP contribution is -2.24. The van der Waals surface area contributed by atoms with Gasteiger partial charge in [0.05, 0.1) is 11.4 Å². The van der Waals surface area contributed by atoms with Gasteiger partial charge >= 0.3 is 0 Å². The van der Waals surface area contributed by atoms with E-state index in [2.05, 4.69) is 10.0 Å². The first-order valence-electron chi connectivity index (χ1n) is 6.48. The van der Waals surface area contributed by atoms with Gasteiger partial charge in [0, 0.05) is 11.1 Å². The number of halogens is 2. The second-order valence-electron chi connectivity index (χ2n) is 4.89. The van der Waals surface area contributed by atoms with E-state index in [1.807, 2.05) is 13.8 Å². The third-order valence-electron chi connectivity index (χ3n) is 2.53. The molecule has 0 aliphatic rings. The van der Waals surface area contributed by atoms with Gasteiger partial charge in [-0.05, 0) is 37.6 Å². The highest BCUT2D eigenvalue weighted by atomic mass is 35.5. The number of rotatable bonds is 8. The summed E-state index contributed by atoms with van der Waals surface area (Å²) in [5, 5.41) is 3.37. The highest BCUT2D eigenvalue weighted by molar-refractivity contribution is 7.92. The van der Waals surface area contributed by atoms with Crippen LogP contribution in [-0.4, -0.2) is 26.8 Å². The van der Waals surface area contributed by atoms with Crippen molar-refractivity contribution in [1.29, 1.82) is 0 Å². The fourth-order valence-corrected chi connectivity index (χ4v) is 3.04. The summed E-state index contributed by atoms with van der Waals surface area (Å²) in [6.07, 6.45) is 1.31. The summed E-state index contributed by atoms with van der Waals surface area (Å²) < 4.78 is 39.1. The highest BCUT2D eigenvalue weighted by Crippen LogP contribution is 2.19. The predicted octanol–water partition coefficient (Wildman–Crippen LogP) is 3.00. The third-order valence-corrected chi connectivity index (χ3v) is 4.12. The molecule has 0 aromatic heterocycles. The molecule has 0 bridgehead atoms. The van der Waals surface area contributed by atoms with E-state index in [1.54, 1.807) is 0 Å². The molecular formula is C13H20ClFN2O2S. The second-order valence-corrected chi connectivity index (χ2v) is 7.17. The Bertz CT molecular complexity index is 515. The smallest absolute Gasteiger partial charge is 0.232 e. The molecular weight excluding hydrogens is 303 g/mol. The first kappa shape index (κ1) is 17.2. The third kappa shape index (κ3) is 7.07. The number of hydrogen-bond acceptors (Lipinski definition) is 3. The average Bonchev–Trinajstić information content (AvgIpc) is 2.25. The molecule has 7 heteroatoms. The first-order valence-corrected chi connectivity index (χ1v) is 8.51. The van der Waals surface area contributed by atoms with Crippen molar-refractivity contribution in [2.45, 2.75) is 32.7 Å². The van der Waals surface area contributed by atoms with E-state index in [4.69, 9.17) is 11.6 Å². The van der Waals surface area contributed by atoms with Crippen LogP contribution in [0.4, 0.5) is 10.1 Å². The van der Waals surface area contributed by atoms with Gasteiger partial charge in [0.15, 0.2) is 0 Å². The maximum absolute atomic E-state index is 13.1. The number of benzene rings is 1. The number of anilines is 1. The summed E-state index contributed by atoms with van der Waals surface area (Å²) in [5.41, 5.74) is 0.148. The summed E-state index contributed by atoms with van der Waals surface area (Å²) in [4.78, 5) is 0. The minimum Gasteiger partial charge on any atom is -0.315 e. The van der Waals surface area contributed by atoms with Crippen LogP contribution in [0.3, 0.4) is 0 Å². The van der Waals surface area contributed by atoms with Gasteiger partial charge in [0.2, 0.25) is 10.0 Å². The fourth-order valence-electron chi connectivity index (χ4n) is 1.65. The highest BCUT2D eigenvalue weighted by Gasteiger charge is 2.11. The van der Waals surface area contributed by atoms with Crippen molar-refractivity contribution in [1.82, 2.24) is 5.32 Å². The Balaban J connectivity index is 2.45. The Morgan fingerprint density at radius 1 is 1.25 bits per heavy atom. The van der Waals surface area contributed by atoms with E-state index in [-0.39, 0.29) is 16.5 Å². The van der Waals surface area contributed by atoms with Crippen molar-refractivity contribution < 1.29 is 12.8 Å². The number of hydrogen-bond donors (Lipinski definition) is 2. The molecule has 0 amide bonds. The van der Waals surface area contributed by atoms with Crippen LogP contribution in [0.2, 0.25) is 5.02 Å². The molecule has 1 aromatic carbocycles. The summed E-state index contributed by atoms with van der Waals surface area (Å²) in [5.74, 6) is -0.572. The molecule has 1 rings (SSSR count). The normalized spacial score (nSPS) is 11.8. The van der Waals surface area contributed by atoms with E-state index in [0.717, 1.165) is 25.1 Å². The summed E-state index contributed by atoms with van der Waals surface area (Å²) >= 11 is 5.67. The monoisotopic (exact) mass is 322 g/mol. The summed E-state index contributed by atoms with van der Waals surface area (Å²) in [6, 6.07) is 3.99. The predicted molar refractivity (Wildman–Crippen MR) is 81.2 cm³/mol. The Kier molecular flexibility index (Phi) is 6.71. The van der Waals surface area contributed by atoms with Crippen LogP contribution < -0.4 is 10.0 Å². The molecule has 1 aromatic rings. The molecule has 0 aliphatic carbocycles. The van der Waals surface area contributed by atoms with Crippen LogP contribution in [-0.2, 0) is 10.0 Å². The lowest BCUT2D eigenvalue weighted by Gasteiger charge is -2.10. The molecule has 0 heterocycles. The molecule has 0 spiro atoms. The fraction of sp³-hybridized carbons (Fsp3) is 0.538. The van der Waals surface area contributed by atoms with Gasteiger partial charge < -0.3 is 5.32 Å². The standard InChI is InChI=1S/C13H20ClFN2O2S/c1-10(2)16-5-3-4-6-20(18,19)17-13-8-11(14)7-12(15)9-13/h7-10,16-17H,3-6H2,1-2H3. The second kappa shape index (κ2) is 7.81. The molecule has 0 unspecified atom stereocenters. The Hall–Kier alpha value is -0.850. The first-order chi connectivity index (χ1) is 9.28. The molecule has 4 nitrogen and oxygen atoms in total. The molecule has 114 valence electrons. The van der Waals surface area contributed by atoms with Crippen LogP contribution in [0.5, 0.6) is 0 Å². The van der Waals surface area contributed by atoms with Gasteiger partial charge in [-0.1, -0.05) is 25.4 Å².